The molecule has 8 nitrogen and oxygen atoms in total. The molecular formula is C28H20ClN2O6S-. The van der Waals surface area contributed by atoms with Crippen LogP contribution in [0.4, 0.5) is 0 Å². The van der Waals surface area contributed by atoms with E-state index in [0.717, 1.165) is 5.56 Å². The molecule has 0 radical (unpaired) electrons. The van der Waals surface area contributed by atoms with Crippen LogP contribution in [0.3, 0.4) is 0 Å². The van der Waals surface area contributed by atoms with Crippen LogP contribution in [-0.4, -0.2) is 23.1 Å². The number of hydrogen-bond donors (Lipinski definition) is 0. The largest absolute Gasteiger partial charge is 0.545 e. The van der Waals surface area contributed by atoms with Crippen LogP contribution in [0.2, 0.25) is 5.02 Å². The second kappa shape index (κ2) is 10.3. The van der Waals surface area contributed by atoms with Crippen molar-refractivity contribution in [3.63, 3.8) is 0 Å². The van der Waals surface area contributed by atoms with Gasteiger partial charge < -0.3 is 19.1 Å². The molecule has 5 rings (SSSR count). The Hall–Kier alpha value is -4.21. The number of allylic oxidation sites excluding steroid dienone is 1. The van der Waals surface area contributed by atoms with E-state index >= 15 is 0 Å². The van der Waals surface area contributed by atoms with E-state index in [9.17, 15) is 19.5 Å². The SMILES string of the molecule is CCOC(=O)C1=C(C)N=c2s/c(=C\c3ccc(-c4ccc(Cl)c(C(=O)[O-])c4)o3)c(=O)n2[C@H]1c1ccccc1. The lowest BCUT2D eigenvalue weighted by Gasteiger charge is -2.24. The molecular weight excluding hydrogens is 528 g/mol. The van der Waals surface area contributed by atoms with E-state index in [1.54, 1.807) is 38.1 Å². The summed E-state index contributed by atoms with van der Waals surface area (Å²) in [5, 5.41) is 11.4. The number of hydrogen-bond acceptors (Lipinski definition) is 8. The van der Waals surface area contributed by atoms with Gasteiger partial charge in [-0.1, -0.05) is 53.3 Å². The summed E-state index contributed by atoms with van der Waals surface area (Å²) in [7, 11) is 0. The number of carboxylic acid groups (broad SMARTS) is 1. The number of carbonyl (C=O) groups is 2. The maximum atomic E-state index is 13.6. The van der Waals surface area contributed by atoms with Crippen LogP contribution in [-0.2, 0) is 9.53 Å². The Morgan fingerprint density at radius 2 is 1.95 bits per heavy atom. The standard InChI is InChI=1S/C28H21ClN2O6S/c1-3-36-27(35)23-15(2)30-28-31(24(23)16-7-5-4-6-8-16)25(32)22(38-28)14-18-10-12-21(37-18)17-9-11-20(29)19(13-17)26(33)34/h4-14,24H,3H2,1-2H3,(H,33,34)/p-1/b22-14-/t24-/m0/s1. The summed E-state index contributed by atoms with van der Waals surface area (Å²) in [4.78, 5) is 42.9. The molecule has 1 aliphatic rings. The molecule has 0 N–H and O–H groups in total. The average molecular weight is 548 g/mol. The minimum atomic E-state index is -1.39. The Morgan fingerprint density at radius 1 is 1.18 bits per heavy atom. The fraction of sp³-hybridized carbons (Fsp3) is 0.143. The summed E-state index contributed by atoms with van der Waals surface area (Å²) in [6.45, 7) is 3.65. The van der Waals surface area contributed by atoms with E-state index in [4.69, 9.17) is 20.8 Å². The number of carbonyl (C=O) groups excluding carboxylic acids is 2. The highest BCUT2D eigenvalue weighted by molar-refractivity contribution is 7.07. The molecule has 2 aromatic carbocycles. The van der Waals surface area contributed by atoms with E-state index in [-0.39, 0.29) is 22.8 Å². The number of fused-ring (bicyclic) bond motifs is 1. The monoisotopic (exact) mass is 547 g/mol. The second-order valence-corrected chi connectivity index (χ2v) is 9.81. The molecule has 0 unspecified atom stereocenters. The van der Waals surface area contributed by atoms with Crippen molar-refractivity contribution < 1.29 is 23.8 Å². The van der Waals surface area contributed by atoms with E-state index in [2.05, 4.69) is 4.99 Å². The van der Waals surface area contributed by atoms with Crippen LogP contribution in [0.15, 0.2) is 86.1 Å². The summed E-state index contributed by atoms with van der Waals surface area (Å²) in [5.74, 6) is -1.14. The average Bonchev–Trinajstić information content (AvgIpc) is 3.48. The van der Waals surface area contributed by atoms with Gasteiger partial charge >= 0.3 is 5.97 Å². The Balaban J connectivity index is 1.61. The quantitative estimate of drug-likeness (QED) is 0.343. The highest BCUT2D eigenvalue weighted by atomic mass is 35.5. The van der Waals surface area contributed by atoms with Gasteiger partial charge in [0.05, 0.1) is 34.4 Å². The number of rotatable bonds is 6. The third kappa shape index (κ3) is 4.62. The van der Waals surface area contributed by atoms with E-state index in [0.29, 0.717) is 37.7 Å². The molecule has 0 aliphatic carbocycles. The molecule has 0 spiro atoms. The molecule has 0 amide bonds. The first-order valence-electron chi connectivity index (χ1n) is 11.6. The van der Waals surface area contributed by atoms with Gasteiger partial charge in [0, 0.05) is 22.2 Å². The van der Waals surface area contributed by atoms with Crippen molar-refractivity contribution in [3.05, 3.63) is 114 Å². The molecule has 0 saturated carbocycles. The summed E-state index contributed by atoms with van der Waals surface area (Å²) in [6.07, 6.45) is 1.59. The van der Waals surface area contributed by atoms with Gasteiger partial charge in [0.25, 0.3) is 5.56 Å². The number of furan rings is 1. The Kier molecular flexibility index (Phi) is 6.88. The van der Waals surface area contributed by atoms with Crippen LogP contribution in [0, 0.1) is 0 Å². The van der Waals surface area contributed by atoms with Crippen molar-refractivity contribution in [1.29, 1.82) is 0 Å². The van der Waals surface area contributed by atoms with Crippen molar-refractivity contribution >= 4 is 41.0 Å². The van der Waals surface area contributed by atoms with Crippen LogP contribution in [0.25, 0.3) is 17.4 Å². The number of halogens is 1. The fourth-order valence-electron chi connectivity index (χ4n) is 4.29. The highest BCUT2D eigenvalue weighted by Crippen LogP contribution is 2.31. The molecule has 1 aliphatic heterocycles. The number of aromatic nitrogens is 1. The molecule has 0 saturated heterocycles. The lowest BCUT2D eigenvalue weighted by molar-refractivity contribution is -0.255. The molecule has 2 aromatic heterocycles. The molecule has 0 bridgehead atoms. The van der Waals surface area contributed by atoms with Crippen LogP contribution >= 0.6 is 22.9 Å². The van der Waals surface area contributed by atoms with E-state index < -0.39 is 18.0 Å². The van der Waals surface area contributed by atoms with Gasteiger partial charge in [-0.05, 0) is 49.7 Å². The van der Waals surface area contributed by atoms with Gasteiger partial charge in [0.1, 0.15) is 11.5 Å². The Bertz CT molecular complexity index is 1780. The Labute approximate surface area is 225 Å². The van der Waals surface area contributed by atoms with Gasteiger partial charge in [0.15, 0.2) is 4.80 Å². The zero-order valence-electron chi connectivity index (χ0n) is 20.3. The van der Waals surface area contributed by atoms with Crippen molar-refractivity contribution in [2.24, 2.45) is 4.99 Å². The predicted octanol–water partition coefficient (Wildman–Crippen LogP) is 3.08. The number of ether oxygens (including phenoxy) is 1. The van der Waals surface area contributed by atoms with Gasteiger partial charge in [0.2, 0.25) is 0 Å². The van der Waals surface area contributed by atoms with Crippen LogP contribution in [0.1, 0.15) is 41.6 Å². The predicted molar refractivity (Wildman–Crippen MR) is 140 cm³/mol. The van der Waals surface area contributed by atoms with Crippen molar-refractivity contribution in [2.45, 2.75) is 19.9 Å². The first kappa shape index (κ1) is 25.4. The molecule has 192 valence electrons. The number of aromatic carboxylic acids is 1. The minimum Gasteiger partial charge on any atom is -0.545 e. The van der Waals surface area contributed by atoms with Gasteiger partial charge in [-0.25, -0.2) is 9.79 Å². The van der Waals surface area contributed by atoms with Crippen molar-refractivity contribution in [3.8, 4) is 11.3 Å². The van der Waals surface area contributed by atoms with E-state index in [1.807, 2.05) is 30.3 Å². The molecule has 0 fully saturated rings. The lowest BCUT2D eigenvalue weighted by atomic mass is 9.96. The number of nitrogens with zero attached hydrogens (tertiary/aromatic N) is 2. The number of thiazole rings is 1. The zero-order chi connectivity index (χ0) is 27.0. The summed E-state index contributed by atoms with van der Waals surface area (Å²) < 4.78 is 13.0. The maximum absolute atomic E-state index is 13.6. The highest BCUT2D eigenvalue weighted by Gasteiger charge is 2.33. The molecule has 1 atom stereocenters. The number of benzene rings is 2. The summed E-state index contributed by atoms with van der Waals surface area (Å²) >= 11 is 7.12. The second-order valence-electron chi connectivity index (χ2n) is 8.40. The Morgan fingerprint density at radius 3 is 2.66 bits per heavy atom. The van der Waals surface area contributed by atoms with Gasteiger partial charge in [-0.15, -0.1) is 0 Å². The first-order valence-corrected chi connectivity index (χ1v) is 12.8. The van der Waals surface area contributed by atoms with Crippen molar-refractivity contribution in [1.82, 2.24) is 4.57 Å². The van der Waals surface area contributed by atoms with Crippen LogP contribution < -0.4 is 20.0 Å². The molecule has 4 aromatic rings. The zero-order valence-corrected chi connectivity index (χ0v) is 21.8. The normalized spacial score (nSPS) is 15.2. The molecule has 3 heterocycles. The topological polar surface area (TPSA) is 114 Å². The van der Waals surface area contributed by atoms with Gasteiger partial charge in [-0.3, -0.25) is 9.36 Å². The third-order valence-electron chi connectivity index (χ3n) is 6.00. The minimum absolute atomic E-state index is 0.0621. The molecule has 10 heteroatoms. The van der Waals surface area contributed by atoms with Crippen LogP contribution in [0.5, 0.6) is 0 Å². The third-order valence-corrected chi connectivity index (χ3v) is 7.32. The summed E-state index contributed by atoms with van der Waals surface area (Å²) in [5.41, 5.74) is 1.56. The van der Waals surface area contributed by atoms with E-state index in [1.165, 1.54) is 28.0 Å². The fourth-order valence-corrected chi connectivity index (χ4v) is 5.51. The maximum Gasteiger partial charge on any atom is 0.338 e. The molecule has 38 heavy (non-hydrogen) atoms. The van der Waals surface area contributed by atoms with Gasteiger partial charge in [-0.2, -0.15) is 0 Å². The number of esters is 1. The lowest BCUT2D eigenvalue weighted by Crippen LogP contribution is -2.39. The smallest absolute Gasteiger partial charge is 0.338 e. The first-order chi connectivity index (χ1) is 18.3. The summed E-state index contributed by atoms with van der Waals surface area (Å²) in [6, 6.07) is 16.3. The van der Waals surface area contributed by atoms with Crippen molar-refractivity contribution in [2.75, 3.05) is 6.61 Å². The number of carboxylic acids is 1.